The Balaban J connectivity index is 3.11. The zero-order valence-corrected chi connectivity index (χ0v) is 7.55. The Morgan fingerprint density at radius 3 is 2.75 bits per heavy atom. The zero-order valence-electron chi connectivity index (χ0n) is 5.97. The lowest BCUT2D eigenvalue weighted by atomic mass is 10.2. The van der Waals surface area contributed by atoms with Crippen molar-refractivity contribution in [1.82, 2.24) is 4.98 Å². The van der Waals surface area contributed by atoms with Crippen molar-refractivity contribution in [2.45, 2.75) is 13.0 Å². The third-order valence-electron chi connectivity index (χ3n) is 1.35. The van der Waals surface area contributed by atoms with Crippen LogP contribution in [0.15, 0.2) is 16.7 Å². The second-order valence-electron chi connectivity index (χ2n) is 2.16. The van der Waals surface area contributed by atoms with Crippen molar-refractivity contribution in [2.24, 2.45) is 0 Å². The number of hydrogen-bond acceptors (Lipinski definition) is 2. The topological polar surface area (TPSA) is 33.1 Å². The number of aromatic nitrogens is 1. The first-order valence-electron chi connectivity index (χ1n) is 3.18. The molecule has 0 amide bonds. The first-order chi connectivity index (χ1) is 5.65. The highest BCUT2D eigenvalue weighted by Crippen LogP contribution is 2.22. The number of aliphatic hydroxyl groups is 1. The molecule has 12 heavy (non-hydrogen) atoms. The Kier molecular flexibility index (Phi) is 3.11. The van der Waals surface area contributed by atoms with Crippen LogP contribution in [0.2, 0.25) is 0 Å². The van der Waals surface area contributed by atoms with Gasteiger partial charge in [0.1, 0.15) is 5.69 Å². The SMILES string of the molecule is OCc1cc(Br)cnc1C(F)F. The second-order valence-corrected chi connectivity index (χ2v) is 3.07. The number of hydrogen-bond donors (Lipinski definition) is 1. The van der Waals surface area contributed by atoms with Crippen LogP contribution in [0.4, 0.5) is 8.78 Å². The molecule has 66 valence electrons. The fourth-order valence-electron chi connectivity index (χ4n) is 0.815. The van der Waals surface area contributed by atoms with E-state index in [0.29, 0.717) is 4.47 Å². The summed E-state index contributed by atoms with van der Waals surface area (Å²) in [5, 5.41) is 8.70. The fraction of sp³-hybridized carbons (Fsp3) is 0.286. The molecule has 1 rings (SSSR count). The number of rotatable bonds is 2. The van der Waals surface area contributed by atoms with E-state index in [4.69, 9.17) is 5.11 Å². The Labute approximate surface area is 76.4 Å². The maximum atomic E-state index is 12.2. The monoisotopic (exact) mass is 237 g/mol. The molecule has 0 aromatic carbocycles. The van der Waals surface area contributed by atoms with Gasteiger partial charge in [0.05, 0.1) is 6.61 Å². The van der Waals surface area contributed by atoms with Crippen LogP contribution >= 0.6 is 15.9 Å². The van der Waals surface area contributed by atoms with Crippen LogP contribution in [0.25, 0.3) is 0 Å². The van der Waals surface area contributed by atoms with Crippen molar-refractivity contribution in [3.05, 3.63) is 28.0 Å². The largest absolute Gasteiger partial charge is 0.392 e. The molecule has 1 heterocycles. The van der Waals surface area contributed by atoms with Crippen LogP contribution < -0.4 is 0 Å². The van der Waals surface area contributed by atoms with Gasteiger partial charge < -0.3 is 5.11 Å². The van der Waals surface area contributed by atoms with Crippen LogP contribution in [0, 0.1) is 0 Å². The third kappa shape index (κ3) is 1.98. The molecule has 1 aromatic heterocycles. The van der Waals surface area contributed by atoms with E-state index in [1.54, 1.807) is 0 Å². The summed E-state index contributed by atoms with van der Waals surface area (Å²) in [5.41, 5.74) is -0.208. The number of halogens is 3. The van der Waals surface area contributed by atoms with Gasteiger partial charge in [-0.2, -0.15) is 0 Å². The summed E-state index contributed by atoms with van der Waals surface area (Å²) in [6, 6.07) is 1.43. The van der Waals surface area contributed by atoms with Gasteiger partial charge in [0, 0.05) is 16.2 Å². The molecular weight excluding hydrogens is 232 g/mol. The standard InChI is InChI=1S/C7H6BrF2NO/c8-5-1-4(3-12)6(7(9)10)11-2-5/h1-2,7,12H,3H2. The van der Waals surface area contributed by atoms with Crippen LogP contribution in [0.5, 0.6) is 0 Å². The molecule has 0 atom stereocenters. The quantitative estimate of drug-likeness (QED) is 0.857. The molecule has 1 N–H and O–H groups in total. The highest BCUT2D eigenvalue weighted by atomic mass is 79.9. The molecule has 5 heteroatoms. The highest BCUT2D eigenvalue weighted by Gasteiger charge is 2.13. The van der Waals surface area contributed by atoms with E-state index < -0.39 is 13.0 Å². The van der Waals surface area contributed by atoms with Gasteiger partial charge in [-0.25, -0.2) is 8.78 Å². The number of nitrogens with zero attached hydrogens (tertiary/aromatic N) is 1. The van der Waals surface area contributed by atoms with Gasteiger partial charge in [-0.1, -0.05) is 0 Å². The fourth-order valence-corrected chi connectivity index (χ4v) is 1.19. The van der Waals surface area contributed by atoms with Gasteiger partial charge in [0.25, 0.3) is 6.43 Å². The maximum absolute atomic E-state index is 12.2. The lowest BCUT2D eigenvalue weighted by Gasteiger charge is -2.04. The van der Waals surface area contributed by atoms with Crippen LogP contribution in [-0.2, 0) is 6.61 Å². The summed E-state index contributed by atoms with van der Waals surface area (Å²) in [7, 11) is 0. The van der Waals surface area contributed by atoms with E-state index in [1.807, 2.05) is 0 Å². The van der Waals surface area contributed by atoms with Gasteiger partial charge in [-0.05, 0) is 22.0 Å². The van der Waals surface area contributed by atoms with Crippen molar-refractivity contribution < 1.29 is 13.9 Å². The second kappa shape index (κ2) is 3.91. The molecule has 0 aliphatic carbocycles. The van der Waals surface area contributed by atoms with E-state index in [-0.39, 0.29) is 11.3 Å². The van der Waals surface area contributed by atoms with Crippen molar-refractivity contribution >= 4 is 15.9 Å². The Bertz CT molecular complexity index is 280. The van der Waals surface area contributed by atoms with Crippen molar-refractivity contribution in [1.29, 1.82) is 0 Å². The van der Waals surface area contributed by atoms with Gasteiger partial charge in [-0.3, -0.25) is 4.98 Å². The van der Waals surface area contributed by atoms with Gasteiger partial charge in [-0.15, -0.1) is 0 Å². The average Bonchev–Trinajstić information content (AvgIpc) is 2.03. The van der Waals surface area contributed by atoms with E-state index in [1.165, 1.54) is 12.3 Å². The molecule has 0 radical (unpaired) electrons. The Morgan fingerprint density at radius 1 is 1.58 bits per heavy atom. The minimum Gasteiger partial charge on any atom is -0.392 e. The van der Waals surface area contributed by atoms with Crippen LogP contribution in [0.1, 0.15) is 17.7 Å². The number of alkyl halides is 2. The van der Waals surface area contributed by atoms with Crippen LogP contribution in [-0.4, -0.2) is 10.1 Å². The van der Waals surface area contributed by atoms with E-state index >= 15 is 0 Å². The summed E-state index contributed by atoms with van der Waals surface area (Å²) in [5.74, 6) is 0. The summed E-state index contributed by atoms with van der Waals surface area (Å²) in [6.45, 7) is -0.424. The maximum Gasteiger partial charge on any atom is 0.280 e. The molecule has 0 spiro atoms. The lowest BCUT2D eigenvalue weighted by Crippen LogP contribution is -1.97. The Hall–Kier alpha value is -0.550. The number of pyridine rings is 1. The van der Waals surface area contributed by atoms with E-state index in [9.17, 15) is 8.78 Å². The first-order valence-corrected chi connectivity index (χ1v) is 3.97. The minimum atomic E-state index is -2.64. The summed E-state index contributed by atoms with van der Waals surface area (Å²) in [4.78, 5) is 3.49. The molecule has 0 unspecified atom stereocenters. The average molecular weight is 238 g/mol. The van der Waals surface area contributed by atoms with Crippen LogP contribution in [0.3, 0.4) is 0 Å². The van der Waals surface area contributed by atoms with Gasteiger partial charge >= 0.3 is 0 Å². The molecule has 1 aromatic rings. The smallest absolute Gasteiger partial charge is 0.280 e. The normalized spacial score (nSPS) is 10.8. The highest BCUT2D eigenvalue weighted by molar-refractivity contribution is 9.10. The first kappa shape index (κ1) is 9.54. The molecule has 0 saturated heterocycles. The molecule has 2 nitrogen and oxygen atoms in total. The third-order valence-corrected chi connectivity index (χ3v) is 1.78. The molecular formula is C7H6BrF2NO. The summed E-state index contributed by atoms with van der Waals surface area (Å²) < 4.78 is 24.9. The van der Waals surface area contributed by atoms with Gasteiger partial charge in [0.15, 0.2) is 0 Å². The van der Waals surface area contributed by atoms with Gasteiger partial charge in [0.2, 0.25) is 0 Å². The van der Waals surface area contributed by atoms with Crippen molar-refractivity contribution in [2.75, 3.05) is 0 Å². The van der Waals surface area contributed by atoms with E-state index in [0.717, 1.165) is 0 Å². The molecule has 0 bridgehead atoms. The molecule has 0 aliphatic rings. The van der Waals surface area contributed by atoms with Crippen molar-refractivity contribution in [3.63, 3.8) is 0 Å². The molecule has 0 saturated carbocycles. The zero-order chi connectivity index (χ0) is 9.14. The van der Waals surface area contributed by atoms with E-state index in [2.05, 4.69) is 20.9 Å². The molecule has 0 aliphatic heterocycles. The molecule has 0 fully saturated rings. The minimum absolute atomic E-state index is 0.152. The predicted molar refractivity (Wildman–Crippen MR) is 42.8 cm³/mol. The summed E-state index contributed by atoms with van der Waals surface area (Å²) >= 11 is 3.07. The lowest BCUT2D eigenvalue weighted by molar-refractivity contribution is 0.141. The van der Waals surface area contributed by atoms with Crippen molar-refractivity contribution in [3.8, 4) is 0 Å². The predicted octanol–water partition coefficient (Wildman–Crippen LogP) is 2.27. The Morgan fingerprint density at radius 2 is 2.25 bits per heavy atom. The number of aliphatic hydroxyl groups excluding tert-OH is 1. The summed E-state index contributed by atoms with van der Waals surface area (Å²) in [6.07, 6.45) is -1.36.